The zero-order valence-electron chi connectivity index (χ0n) is 15.7. The molecule has 1 aromatic carbocycles. The van der Waals surface area contributed by atoms with Gasteiger partial charge in [0, 0.05) is 29.5 Å². The minimum absolute atomic E-state index is 0.221. The summed E-state index contributed by atoms with van der Waals surface area (Å²) in [7, 11) is 0. The lowest BCUT2D eigenvalue weighted by Crippen LogP contribution is -2.12. The van der Waals surface area contributed by atoms with E-state index in [-0.39, 0.29) is 5.91 Å². The maximum Gasteiger partial charge on any atom is 0.259 e. The van der Waals surface area contributed by atoms with Crippen molar-refractivity contribution in [1.82, 2.24) is 19.5 Å². The van der Waals surface area contributed by atoms with Crippen LogP contribution in [-0.2, 0) is 12.8 Å². The Bertz CT molecular complexity index is 1150. The van der Waals surface area contributed by atoms with Crippen molar-refractivity contribution < 1.29 is 4.79 Å². The molecule has 3 aromatic heterocycles. The molecule has 0 radical (unpaired) electrons. The molecule has 6 nitrogen and oxygen atoms in total. The Balaban J connectivity index is 1.30. The minimum atomic E-state index is -0.221. The number of thiazole rings is 1. The summed E-state index contributed by atoms with van der Waals surface area (Å²) in [5, 5.41) is 5.45. The summed E-state index contributed by atoms with van der Waals surface area (Å²) in [4.78, 5) is 25.5. The normalized spacial score (nSPS) is 13.1. The number of amides is 1. The number of imidazole rings is 1. The Morgan fingerprint density at radius 1 is 1.10 bits per heavy atom. The number of anilines is 1. The number of benzene rings is 1. The van der Waals surface area contributed by atoms with Gasteiger partial charge in [0.05, 0.1) is 11.3 Å². The molecule has 4 aromatic rings. The fourth-order valence-corrected chi connectivity index (χ4v) is 4.31. The first-order chi connectivity index (χ1) is 14.3. The van der Waals surface area contributed by atoms with Gasteiger partial charge in [-0.2, -0.15) is 0 Å². The Morgan fingerprint density at radius 3 is 2.79 bits per heavy atom. The first kappa shape index (κ1) is 17.8. The van der Waals surface area contributed by atoms with Crippen molar-refractivity contribution in [2.75, 3.05) is 5.32 Å². The molecule has 0 unspecified atom stereocenters. The number of nitrogens with zero attached hydrogens (tertiary/aromatic N) is 4. The van der Waals surface area contributed by atoms with Crippen LogP contribution in [0, 0.1) is 0 Å². The molecule has 5 rings (SSSR count). The van der Waals surface area contributed by atoms with Crippen LogP contribution in [0.1, 0.15) is 34.3 Å². The number of nitrogens with one attached hydrogen (secondary N) is 1. The second-order valence-electron chi connectivity index (χ2n) is 7.06. The van der Waals surface area contributed by atoms with Gasteiger partial charge in [-0.1, -0.05) is 12.1 Å². The Morgan fingerprint density at radius 2 is 2.00 bits per heavy atom. The predicted molar refractivity (Wildman–Crippen MR) is 114 cm³/mol. The smallest absolute Gasteiger partial charge is 0.259 e. The monoisotopic (exact) mass is 401 g/mol. The lowest BCUT2D eigenvalue weighted by atomic mass is 9.90. The molecule has 0 atom stereocenters. The van der Waals surface area contributed by atoms with Crippen molar-refractivity contribution in [2.24, 2.45) is 0 Å². The van der Waals surface area contributed by atoms with Gasteiger partial charge < -0.3 is 0 Å². The van der Waals surface area contributed by atoms with E-state index in [1.807, 2.05) is 5.38 Å². The van der Waals surface area contributed by atoms with Crippen molar-refractivity contribution in [2.45, 2.75) is 25.7 Å². The topological polar surface area (TPSA) is 72.7 Å². The largest absolute Gasteiger partial charge is 0.298 e. The lowest BCUT2D eigenvalue weighted by Gasteiger charge is -2.16. The quantitative estimate of drug-likeness (QED) is 0.546. The van der Waals surface area contributed by atoms with E-state index in [2.05, 4.69) is 38.5 Å². The number of pyridine rings is 1. The molecule has 7 heteroatoms. The standard InChI is InChI=1S/C22H19N5OS/c28-21(18-7-8-20(24-12-18)27-10-9-23-14-27)26-22-25-19(13-29-22)17-6-5-15-3-1-2-4-16(15)11-17/h5-14H,1-4H2,(H,25,26,28). The SMILES string of the molecule is O=C(Nc1nc(-c2ccc3c(c2)CCCC3)cs1)c1ccc(-n2ccnc2)nc1. The summed E-state index contributed by atoms with van der Waals surface area (Å²) in [6.07, 6.45) is 11.5. The van der Waals surface area contributed by atoms with Crippen LogP contribution in [0.5, 0.6) is 0 Å². The number of fused-ring (bicyclic) bond motifs is 1. The van der Waals surface area contributed by atoms with Crippen LogP contribution in [0.25, 0.3) is 17.1 Å². The van der Waals surface area contributed by atoms with E-state index >= 15 is 0 Å². The molecule has 29 heavy (non-hydrogen) atoms. The fraction of sp³-hybridized carbons (Fsp3) is 0.182. The summed E-state index contributed by atoms with van der Waals surface area (Å²) in [6.45, 7) is 0. The first-order valence-electron chi connectivity index (χ1n) is 9.60. The summed E-state index contributed by atoms with van der Waals surface area (Å²) >= 11 is 1.43. The maximum absolute atomic E-state index is 12.5. The molecule has 1 aliphatic rings. The highest BCUT2D eigenvalue weighted by atomic mass is 32.1. The van der Waals surface area contributed by atoms with Crippen LogP contribution in [0.3, 0.4) is 0 Å². The lowest BCUT2D eigenvalue weighted by molar-refractivity contribution is 0.102. The van der Waals surface area contributed by atoms with Gasteiger partial charge in [-0.25, -0.2) is 15.0 Å². The molecule has 0 spiro atoms. The molecular formula is C22H19N5OS. The van der Waals surface area contributed by atoms with Gasteiger partial charge in [-0.15, -0.1) is 11.3 Å². The summed E-state index contributed by atoms with van der Waals surface area (Å²) in [6, 6.07) is 10.1. The molecule has 1 amide bonds. The van der Waals surface area contributed by atoms with E-state index < -0.39 is 0 Å². The van der Waals surface area contributed by atoms with E-state index in [1.54, 1.807) is 41.6 Å². The van der Waals surface area contributed by atoms with Crippen LogP contribution < -0.4 is 5.32 Å². The average molecular weight is 401 g/mol. The van der Waals surface area contributed by atoms with E-state index in [0.29, 0.717) is 16.5 Å². The van der Waals surface area contributed by atoms with Crippen molar-refractivity contribution in [3.8, 4) is 17.1 Å². The summed E-state index contributed by atoms with van der Waals surface area (Å²) in [5.41, 5.74) is 5.37. The van der Waals surface area contributed by atoms with Crippen molar-refractivity contribution in [3.63, 3.8) is 0 Å². The molecule has 1 aliphatic carbocycles. The number of aromatic nitrogens is 4. The molecule has 0 bridgehead atoms. The molecule has 1 N–H and O–H groups in total. The highest BCUT2D eigenvalue weighted by Crippen LogP contribution is 2.29. The second kappa shape index (κ2) is 7.60. The molecule has 0 aliphatic heterocycles. The number of aryl methyl sites for hydroxylation is 2. The minimum Gasteiger partial charge on any atom is -0.298 e. The van der Waals surface area contributed by atoms with Crippen LogP contribution in [-0.4, -0.2) is 25.4 Å². The third-order valence-corrected chi connectivity index (χ3v) is 5.91. The third kappa shape index (κ3) is 3.69. The van der Waals surface area contributed by atoms with Gasteiger partial charge in [0.2, 0.25) is 0 Å². The van der Waals surface area contributed by atoms with E-state index in [0.717, 1.165) is 17.7 Å². The highest BCUT2D eigenvalue weighted by molar-refractivity contribution is 7.14. The zero-order chi connectivity index (χ0) is 19.6. The third-order valence-electron chi connectivity index (χ3n) is 5.15. The van der Waals surface area contributed by atoms with Gasteiger partial charge in [-0.3, -0.25) is 14.7 Å². The van der Waals surface area contributed by atoms with Crippen LogP contribution >= 0.6 is 11.3 Å². The van der Waals surface area contributed by atoms with Crippen LogP contribution in [0.4, 0.5) is 5.13 Å². The number of hydrogen-bond donors (Lipinski definition) is 1. The Labute approximate surface area is 172 Å². The molecule has 3 heterocycles. The highest BCUT2D eigenvalue weighted by Gasteiger charge is 2.13. The Hall–Kier alpha value is -3.32. The summed E-state index contributed by atoms with van der Waals surface area (Å²) in [5.74, 6) is 0.490. The predicted octanol–water partition coefficient (Wildman–Crippen LogP) is 4.52. The maximum atomic E-state index is 12.5. The van der Waals surface area contributed by atoms with Crippen LogP contribution in [0.15, 0.2) is 60.6 Å². The molecular weight excluding hydrogens is 382 g/mol. The molecule has 0 saturated carbocycles. The van der Waals surface area contributed by atoms with Crippen molar-refractivity contribution in [3.05, 3.63) is 77.3 Å². The fourth-order valence-electron chi connectivity index (χ4n) is 3.59. The first-order valence-corrected chi connectivity index (χ1v) is 10.5. The van der Waals surface area contributed by atoms with E-state index in [1.165, 1.54) is 41.7 Å². The number of carbonyl (C=O) groups excluding carboxylic acids is 1. The molecule has 0 saturated heterocycles. The van der Waals surface area contributed by atoms with Gasteiger partial charge in [-0.05, 0) is 55.0 Å². The van der Waals surface area contributed by atoms with Crippen molar-refractivity contribution >= 4 is 22.4 Å². The van der Waals surface area contributed by atoms with Gasteiger partial charge in [0.25, 0.3) is 5.91 Å². The van der Waals surface area contributed by atoms with E-state index in [4.69, 9.17) is 0 Å². The second-order valence-corrected chi connectivity index (χ2v) is 7.92. The number of carbonyl (C=O) groups is 1. The number of hydrogen-bond acceptors (Lipinski definition) is 5. The Kier molecular flexibility index (Phi) is 4.65. The zero-order valence-corrected chi connectivity index (χ0v) is 16.5. The van der Waals surface area contributed by atoms with Gasteiger partial charge in [0.15, 0.2) is 5.13 Å². The summed E-state index contributed by atoms with van der Waals surface area (Å²) < 4.78 is 1.79. The average Bonchev–Trinajstić information content (AvgIpc) is 3.46. The van der Waals surface area contributed by atoms with Gasteiger partial charge >= 0.3 is 0 Å². The van der Waals surface area contributed by atoms with E-state index in [9.17, 15) is 4.79 Å². The van der Waals surface area contributed by atoms with Crippen LogP contribution in [0.2, 0.25) is 0 Å². The molecule has 144 valence electrons. The number of rotatable bonds is 4. The molecule has 0 fully saturated rings. The van der Waals surface area contributed by atoms with Crippen molar-refractivity contribution in [1.29, 1.82) is 0 Å². The van der Waals surface area contributed by atoms with Gasteiger partial charge in [0.1, 0.15) is 12.1 Å².